The molecule has 4 fully saturated rings. The Morgan fingerprint density at radius 1 is 1.02 bits per heavy atom. The van der Waals surface area contributed by atoms with E-state index in [1.165, 1.54) is 31.0 Å². The number of aryl methyl sites for hydroxylation is 1. The van der Waals surface area contributed by atoms with E-state index in [0.717, 1.165) is 32.1 Å². The largest absolute Gasteiger partial charge is 0.496 e. The first-order valence-corrected chi connectivity index (χ1v) is 13.8. The summed E-state index contributed by atoms with van der Waals surface area (Å²) in [6.45, 7) is 1.72. The predicted octanol–water partition coefficient (Wildman–Crippen LogP) is 4.78. The van der Waals surface area contributed by atoms with Crippen LogP contribution >= 0.6 is 0 Å². The highest BCUT2D eigenvalue weighted by Crippen LogP contribution is 2.58. The summed E-state index contributed by atoms with van der Waals surface area (Å²) in [5, 5.41) is 29.5. The third kappa shape index (κ3) is 4.22. The second-order valence-electron chi connectivity index (χ2n) is 11.5. The lowest BCUT2D eigenvalue weighted by Gasteiger charge is -2.59. The third-order valence-corrected chi connectivity index (χ3v) is 9.35. The van der Waals surface area contributed by atoms with Gasteiger partial charge in [-0.1, -0.05) is 6.07 Å². The van der Waals surface area contributed by atoms with Gasteiger partial charge < -0.3 is 19.9 Å². The molecule has 3 aromatic rings. The summed E-state index contributed by atoms with van der Waals surface area (Å²) in [4.78, 5) is 37.7. The van der Waals surface area contributed by atoms with Crippen LogP contribution in [0.2, 0.25) is 0 Å². The number of carbonyl (C=O) groups excluding carboxylic acids is 1. The van der Waals surface area contributed by atoms with Gasteiger partial charge in [-0.15, -0.1) is 0 Å². The SMILES string of the molecule is COc1cccc(OC)c1-c1cc(C(=O)NC2(C(=O)O)C3CC4CC(C3)CC2C4)nn1-c1ccc([N+](=O)[O-])cc1C. The molecule has 0 radical (unpaired) electrons. The minimum atomic E-state index is -1.33. The van der Waals surface area contributed by atoms with Crippen LogP contribution in [-0.4, -0.2) is 51.4 Å². The maximum absolute atomic E-state index is 13.9. The number of carboxylic acids is 1. The van der Waals surface area contributed by atoms with Gasteiger partial charge in [0, 0.05) is 12.1 Å². The van der Waals surface area contributed by atoms with Gasteiger partial charge in [0.25, 0.3) is 11.6 Å². The Bertz CT molecular complexity index is 1510. The summed E-state index contributed by atoms with van der Waals surface area (Å²) < 4.78 is 12.8. The van der Waals surface area contributed by atoms with E-state index < -0.39 is 22.3 Å². The summed E-state index contributed by atoms with van der Waals surface area (Å²) in [5.41, 5.74) is 0.686. The van der Waals surface area contributed by atoms with Gasteiger partial charge in [-0.2, -0.15) is 5.10 Å². The lowest BCUT2D eigenvalue weighted by Crippen LogP contribution is -2.70. The molecule has 0 aliphatic heterocycles. The molecule has 4 saturated carbocycles. The number of carbonyl (C=O) groups is 2. The molecule has 4 bridgehead atoms. The molecule has 0 atom stereocenters. The normalized spacial score (nSPS) is 26.0. The van der Waals surface area contributed by atoms with Gasteiger partial charge in [0.2, 0.25) is 0 Å². The van der Waals surface area contributed by atoms with E-state index in [9.17, 15) is 24.8 Å². The van der Waals surface area contributed by atoms with Crippen molar-refractivity contribution in [3.63, 3.8) is 0 Å². The highest BCUT2D eigenvalue weighted by Gasteiger charge is 2.62. The highest BCUT2D eigenvalue weighted by molar-refractivity contribution is 5.98. The summed E-state index contributed by atoms with van der Waals surface area (Å²) in [5.74, 6) is 0.193. The van der Waals surface area contributed by atoms with Gasteiger partial charge in [-0.25, -0.2) is 9.48 Å². The average Bonchev–Trinajstić information content (AvgIpc) is 3.38. The number of aromatic nitrogens is 2. The zero-order valence-corrected chi connectivity index (χ0v) is 23.1. The topological polar surface area (TPSA) is 146 Å². The Kier molecular flexibility index (Phi) is 6.47. The maximum atomic E-state index is 13.9. The van der Waals surface area contributed by atoms with Crippen LogP contribution in [0.15, 0.2) is 42.5 Å². The van der Waals surface area contributed by atoms with E-state index in [0.29, 0.717) is 45.8 Å². The number of amides is 1. The number of nitrogens with one attached hydrogen (secondary N) is 1. The second-order valence-corrected chi connectivity index (χ2v) is 11.5. The van der Waals surface area contributed by atoms with Gasteiger partial charge in [0.15, 0.2) is 5.69 Å². The first-order valence-electron chi connectivity index (χ1n) is 13.8. The molecule has 1 aromatic heterocycles. The Labute approximate surface area is 236 Å². The van der Waals surface area contributed by atoms with Crippen LogP contribution in [0, 0.1) is 40.7 Å². The average molecular weight is 561 g/mol. The Morgan fingerprint density at radius 3 is 2.15 bits per heavy atom. The fraction of sp³-hybridized carbons (Fsp3) is 0.433. The van der Waals surface area contributed by atoms with Gasteiger partial charge in [-0.05, 0) is 92.5 Å². The fourth-order valence-electron chi connectivity index (χ4n) is 7.73. The van der Waals surface area contributed by atoms with Crippen molar-refractivity contribution in [2.45, 2.75) is 44.6 Å². The zero-order chi connectivity index (χ0) is 29.1. The Morgan fingerprint density at radius 2 is 1.63 bits per heavy atom. The van der Waals surface area contributed by atoms with Gasteiger partial charge in [-0.3, -0.25) is 14.9 Å². The quantitative estimate of drug-likeness (QED) is 0.296. The number of hydrogen-bond donors (Lipinski definition) is 2. The second kappa shape index (κ2) is 9.90. The van der Waals surface area contributed by atoms with Crippen molar-refractivity contribution >= 4 is 17.6 Å². The molecular formula is C30H32N4O7. The number of nitro groups is 1. The Hall–Kier alpha value is -4.41. The van der Waals surface area contributed by atoms with E-state index in [-0.39, 0.29) is 23.2 Å². The molecule has 0 saturated heterocycles. The smallest absolute Gasteiger partial charge is 0.330 e. The van der Waals surface area contributed by atoms with Crippen LogP contribution in [0.4, 0.5) is 5.69 Å². The molecule has 41 heavy (non-hydrogen) atoms. The van der Waals surface area contributed by atoms with Gasteiger partial charge in [0.05, 0.1) is 36.1 Å². The van der Waals surface area contributed by atoms with Crippen LogP contribution in [0.1, 0.15) is 48.2 Å². The van der Waals surface area contributed by atoms with E-state index in [1.54, 1.807) is 37.3 Å². The predicted molar refractivity (Wildman–Crippen MR) is 148 cm³/mol. The van der Waals surface area contributed by atoms with Crippen LogP contribution in [0.5, 0.6) is 11.5 Å². The summed E-state index contributed by atoms with van der Waals surface area (Å²) in [7, 11) is 3.04. The van der Waals surface area contributed by atoms with Crippen molar-refractivity contribution in [3.05, 3.63) is 63.8 Å². The molecule has 1 heterocycles. The van der Waals surface area contributed by atoms with Crippen molar-refractivity contribution in [1.29, 1.82) is 0 Å². The Balaban J connectivity index is 1.47. The monoisotopic (exact) mass is 560 g/mol. The third-order valence-electron chi connectivity index (χ3n) is 9.35. The summed E-state index contributed by atoms with van der Waals surface area (Å²) >= 11 is 0. The van der Waals surface area contributed by atoms with Gasteiger partial charge >= 0.3 is 5.97 Å². The van der Waals surface area contributed by atoms with Crippen molar-refractivity contribution < 1.29 is 29.1 Å². The molecule has 214 valence electrons. The van der Waals surface area contributed by atoms with Gasteiger partial charge in [0.1, 0.15) is 17.0 Å². The van der Waals surface area contributed by atoms with Crippen LogP contribution in [0.3, 0.4) is 0 Å². The number of rotatable bonds is 8. The number of methoxy groups -OCH3 is 2. The fourth-order valence-corrected chi connectivity index (χ4v) is 7.73. The zero-order valence-electron chi connectivity index (χ0n) is 23.1. The maximum Gasteiger partial charge on any atom is 0.330 e. The summed E-state index contributed by atoms with van der Waals surface area (Å²) in [6, 6.07) is 11.3. The first-order chi connectivity index (χ1) is 19.7. The van der Waals surface area contributed by atoms with Crippen molar-refractivity contribution in [3.8, 4) is 28.4 Å². The molecule has 1 amide bonds. The van der Waals surface area contributed by atoms with E-state index in [1.807, 2.05) is 0 Å². The van der Waals surface area contributed by atoms with E-state index >= 15 is 0 Å². The van der Waals surface area contributed by atoms with Crippen molar-refractivity contribution in [1.82, 2.24) is 15.1 Å². The number of nitrogens with zero attached hydrogens (tertiary/aromatic N) is 3. The number of carboxylic acid groups (broad SMARTS) is 1. The van der Waals surface area contributed by atoms with E-state index in [2.05, 4.69) is 10.4 Å². The minimum Gasteiger partial charge on any atom is -0.496 e. The van der Waals surface area contributed by atoms with Crippen molar-refractivity contribution in [2.24, 2.45) is 23.7 Å². The lowest BCUT2D eigenvalue weighted by atomic mass is 9.48. The first kappa shape index (κ1) is 26.8. The molecule has 2 aromatic carbocycles. The molecular weight excluding hydrogens is 528 g/mol. The molecule has 7 rings (SSSR count). The van der Waals surface area contributed by atoms with Crippen molar-refractivity contribution in [2.75, 3.05) is 14.2 Å². The molecule has 2 N–H and O–H groups in total. The molecule has 0 unspecified atom stereocenters. The lowest BCUT2D eigenvalue weighted by molar-refractivity contribution is -0.384. The van der Waals surface area contributed by atoms with Crippen LogP contribution in [-0.2, 0) is 4.79 Å². The minimum absolute atomic E-state index is 0.0279. The summed E-state index contributed by atoms with van der Waals surface area (Å²) in [6.07, 6.45) is 4.37. The number of nitro benzene ring substituents is 1. The molecule has 11 nitrogen and oxygen atoms in total. The van der Waals surface area contributed by atoms with Crippen LogP contribution in [0.25, 0.3) is 16.9 Å². The van der Waals surface area contributed by atoms with Crippen LogP contribution < -0.4 is 14.8 Å². The molecule has 4 aliphatic rings. The molecule has 0 spiro atoms. The standard InChI is InChI=1S/C30H32N4O7/c1-16-9-21(34(38)39)7-8-23(16)33-24(27-25(40-2)5-4-6-26(27)41-3)15-22(32-33)28(35)31-30(29(36)37)19-11-17-10-18(13-19)14-20(30)12-17/h4-9,15,17-20H,10-14H2,1-3H3,(H,31,35)(H,36,37). The highest BCUT2D eigenvalue weighted by atomic mass is 16.6. The number of non-ortho nitro benzene ring substituents is 1. The van der Waals surface area contributed by atoms with E-state index in [4.69, 9.17) is 9.47 Å². The number of benzene rings is 2. The number of hydrogen-bond acceptors (Lipinski definition) is 7. The number of ether oxygens (including phenoxy) is 2. The number of aliphatic carboxylic acids is 1. The molecule has 4 aliphatic carbocycles. The molecule has 11 heteroatoms.